The lowest BCUT2D eigenvalue weighted by Crippen LogP contribution is -2.26. The molecule has 0 spiro atoms. The van der Waals surface area contributed by atoms with E-state index in [4.69, 9.17) is 32.7 Å². The van der Waals surface area contributed by atoms with Gasteiger partial charge in [0.15, 0.2) is 23.9 Å². The highest BCUT2D eigenvalue weighted by molar-refractivity contribution is 7.59. The molecule has 0 radical (unpaired) electrons. The maximum atomic E-state index is 12.9. The molecule has 1 aliphatic heterocycles. The van der Waals surface area contributed by atoms with Crippen LogP contribution in [0, 0.1) is 5.92 Å². The molecule has 1 aromatic heterocycles. The Balaban J connectivity index is 0.00000228. The standard InChI is InChI=1S/C24H26Cl2F2N2O4.H2O.H2S/c25-18-11-29-12-19(26)17(18)10-21(33-23(31)9-16-2-1-7-30-16)15-5-6-20(34-24(27)28)22(8-15)32-13-14-3-4-14;;/h5-6,8,11-12,14,16,21,24,30H,1-4,7,9-10,13H2;2*1H2/t16-,21-;;/m0../s1. The first-order chi connectivity index (χ1) is 16.4. The molecule has 2 aliphatic rings. The molecule has 0 amide bonds. The number of halogens is 4. The third-order valence-electron chi connectivity index (χ3n) is 5.96. The molecule has 0 bridgehead atoms. The lowest BCUT2D eigenvalue weighted by atomic mass is 10.0. The van der Waals surface area contributed by atoms with E-state index in [1.165, 1.54) is 6.07 Å². The number of aromatic nitrogens is 1. The number of esters is 1. The monoisotopic (exact) mass is 566 g/mol. The molecular weight excluding hydrogens is 537 g/mol. The van der Waals surface area contributed by atoms with Gasteiger partial charge in [0.1, 0.15) is 16.1 Å². The van der Waals surface area contributed by atoms with E-state index in [1.807, 2.05) is 0 Å². The molecule has 2 heterocycles. The smallest absolute Gasteiger partial charge is 0.387 e. The highest BCUT2D eigenvalue weighted by Gasteiger charge is 2.27. The number of carbonyl (C=O) groups is 1. The van der Waals surface area contributed by atoms with Gasteiger partial charge >= 0.3 is 12.6 Å². The second kappa shape index (κ2) is 14.2. The number of hydrogen-bond donors (Lipinski definition) is 1. The lowest BCUT2D eigenvalue weighted by Gasteiger charge is -2.22. The molecule has 2 atom stereocenters. The first kappa shape index (κ1) is 30.4. The molecule has 1 saturated carbocycles. The Morgan fingerprint density at radius 1 is 1.14 bits per heavy atom. The molecule has 12 heteroatoms. The molecule has 3 N–H and O–H groups in total. The van der Waals surface area contributed by atoms with Crippen molar-refractivity contribution in [2.75, 3.05) is 13.2 Å². The number of carbonyl (C=O) groups excluding carboxylic acids is 1. The summed E-state index contributed by atoms with van der Waals surface area (Å²) in [6, 6.07) is 4.66. The van der Waals surface area contributed by atoms with Crippen molar-refractivity contribution < 1.29 is 38.2 Å². The van der Waals surface area contributed by atoms with E-state index >= 15 is 0 Å². The van der Waals surface area contributed by atoms with Gasteiger partial charge in [0.05, 0.1) is 13.0 Å². The van der Waals surface area contributed by atoms with Crippen LogP contribution in [0.1, 0.15) is 49.3 Å². The van der Waals surface area contributed by atoms with E-state index in [9.17, 15) is 13.6 Å². The summed E-state index contributed by atoms with van der Waals surface area (Å²) >= 11 is 12.7. The van der Waals surface area contributed by atoms with Gasteiger partial charge < -0.3 is 25.0 Å². The second-order valence-corrected chi connectivity index (χ2v) is 9.46. The predicted molar refractivity (Wildman–Crippen MR) is 135 cm³/mol. The van der Waals surface area contributed by atoms with Gasteiger partial charge in [-0.25, -0.2) is 4.98 Å². The first-order valence-corrected chi connectivity index (χ1v) is 12.1. The lowest BCUT2D eigenvalue weighted by molar-refractivity contribution is -0.377. The highest BCUT2D eigenvalue weighted by Crippen LogP contribution is 2.37. The number of hydrogen-bond acceptors (Lipinski definition) is 6. The van der Waals surface area contributed by atoms with Crippen LogP contribution in [0.15, 0.2) is 30.6 Å². The summed E-state index contributed by atoms with van der Waals surface area (Å²) in [5.74, 6) is 0.160. The fourth-order valence-electron chi connectivity index (χ4n) is 3.95. The molecule has 2 aromatic rings. The van der Waals surface area contributed by atoms with Crippen LogP contribution in [0.5, 0.6) is 11.5 Å². The van der Waals surface area contributed by atoms with Crippen molar-refractivity contribution in [2.24, 2.45) is 5.92 Å². The number of pyridine rings is 1. The zero-order valence-corrected chi connectivity index (χ0v) is 22.0. The van der Waals surface area contributed by atoms with Crippen molar-refractivity contribution in [3.63, 3.8) is 0 Å². The molecule has 7 nitrogen and oxygen atoms in total. The zero-order chi connectivity index (χ0) is 24.1. The fraction of sp³-hybridized carbons (Fsp3) is 0.500. The minimum atomic E-state index is -2.99. The van der Waals surface area contributed by atoms with Crippen molar-refractivity contribution in [3.8, 4) is 11.5 Å². The summed E-state index contributed by atoms with van der Waals surface area (Å²) in [6.45, 7) is -1.70. The van der Waals surface area contributed by atoms with Crippen LogP contribution in [-0.4, -0.2) is 37.3 Å². The molecule has 200 valence electrons. The van der Waals surface area contributed by atoms with E-state index in [0.29, 0.717) is 33.7 Å². The van der Waals surface area contributed by atoms with Crippen LogP contribution in [0.4, 0.5) is 8.78 Å². The van der Waals surface area contributed by atoms with E-state index in [2.05, 4.69) is 15.0 Å². The Bertz CT molecular complexity index is 990. The Morgan fingerprint density at radius 2 is 1.86 bits per heavy atom. The molecule has 1 aromatic carbocycles. The van der Waals surface area contributed by atoms with Crippen molar-refractivity contribution >= 4 is 42.7 Å². The molecule has 0 unspecified atom stereocenters. The number of benzene rings is 1. The summed E-state index contributed by atoms with van der Waals surface area (Å²) in [5, 5.41) is 4.08. The molecule has 1 aliphatic carbocycles. The Kier molecular flexibility index (Phi) is 12.0. The van der Waals surface area contributed by atoms with Crippen LogP contribution in [0.3, 0.4) is 0 Å². The van der Waals surface area contributed by atoms with Gasteiger partial charge in [0.2, 0.25) is 0 Å². The Morgan fingerprint density at radius 3 is 2.47 bits per heavy atom. The van der Waals surface area contributed by atoms with E-state index < -0.39 is 12.7 Å². The van der Waals surface area contributed by atoms with Gasteiger partial charge in [-0.15, -0.1) is 0 Å². The average Bonchev–Trinajstić information content (AvgIpc) is 3.48. The predicted octanol–water partition coefficient (Wildman–Crippen LogP) is 5.10. The minimum Gasteiger partial charge on any atom is -0.870 e. The maximum absolute atomic E-state index is 12.9. The third kappa shape index (κ3) is 8.62. The van der Waals surface area contributed by atoms with Crippen molar-refractivity contribution in [3.05, 3.63) is 51.8 Å². The maximum Gasteiger partial charge on any atom is 0.387 e. The summed E-state index contributed by atoms with van der Waals surface area (Å²) in [7, 11) is 0. The first-order valence-electron chi connectivity index (χ1n) is 11.4. The number of nitrogens with one attached hydrogen (secondary N) is 2. The molecule has 2 fully saturated rings. The summed E-state index contributed by atoms with van der Waals surface area (Å²) in [5.41, 5.74) is 1.17. The van der Waals surface area contributed by atoms with Crippen LogP contribution in [0.25, 0.3) is 0 Å². The van der Waals surface area contributed by atoms with Crippen molar-refractivity contribution in [1.82, 2.24) is 5.32 Å². The fourth-order valence-corrected chi connectivity index (χ4v) is 4.48. The average molecular weight is 567 g/mol. The number of aromatic amines is 1. The summed E-state index contributed by atoms with van der Waals surface area (Å²) in [4.78, 5) is 15.6. The minimum absolute atomic E-state index is 0. The second-order valence-electron chi connectivity index (χ2n) is 8.65. The van der Waals surface area contributed by atoms with Crippen molar-refractivity contribution in [1.29, 1.82) is 0 Å². The van der Waals surface area contributed by atoms with E-state index in [1.54, 1.807) is 24.5 Å². The topological polar surface area (TPSA) is 101 Å². The number of ether oxygens (including phenoxy) is 3. The molecule has 4 rings (SSSR count). The highest BCUT2D eigenvalue weighted by atomic mass is 35.5. The van der Waals surface area contributed by atoms with Gasteiger partial charge in [0, 0.05) is 18.0 Å². The Hall–Kier alpha value is -1.85. The van der Waals surface area contributed by atoms with Gasteiger partial charge in [0.25, 0.3) is 0 Å². The van der Waals surface area contributed by atoms with E-state index in [-0.39, 0.29) is 55.3 Å². The van der Waals surface area contributed by atoms with Gasteiger partial charge in [-0.05, 0) is 55.8 Å². The quantitative estimate of drug-likeness (QED) is 0.379. The van der Waals surface area contributed by atoms with Gasteiger partial charge in [-0.1, -0.05) is 29.3 Å². The molecule has 36 heavy (non-hydrogen) atoms. The van der Waals surface area contributed by atoms with Gasteiger partial charge in [-0.3, -0.25) is 4.79 Å². The SMILES string of the molecule is O=C(C[C@@H]1CCCN1)O[C@@H](Cc1c(Cl)c[nH+]cc1Cl)c1ccc(OC(F)F)c(OCC2CC2)c1.S.[OH-]. The van der Waals surface area contributed by atoms with E-state index in [0.717, 1.165) is 32.2 Å². The summed E-state index contributed by atoms with van der Waals surface area (Å²) < 4.78 is 42.2. The number of alkyl halides is 2. The van der Waals surface area contributed by atoms with Crippen molar-refractivity contribution in [2.45, 2.75) is 57.3 Å². The van der Waals surface area contributed by atoms with Crippen LogP contribution < -0.4 is 19.8 Å². The molecule has 1 saturated heterocycles. The zero-order valence-electron chi connectivity index (χ0n) is 19.4. The normalized spacial score (nSPS) is 17.6. The largest absolute Gasteiger partial charge is 0.870 e. The number of rotatable bonds is 11. The third-order valence-corrected chi connectivity index (χ3v) is 6.64. The van der Waals surface area contributed by atoms with Gasteiger partial charge in [-0.2, -0.15) is 22.3 Å². The molecular formula is C24H30Cl2F2N2O5S. The van der Waals surface area contributed by atoms with Crippen LogP contribution in [-0.2, 0) is 16.0 Å². The summed E-state index contributed by atoms with van der Waals surface area (Å²) in [6.07, 6.45) is 6.87. The number of H-pyrrole nitrogens is 1. The van der Waals surface area contributed by atoms with Crippen LogP contribution >= 0.6 is 36.7 Å². The Labute approximate surface area is 225 Å². The van der Waals surface area contributed by atoms with Crippen LogP contribution in [0.2, 0.25) is 10.0 Å².